The van der Waals surface area contributed by atoms with Crippen LogP contribution in [0, 0.1) is 0 Å². The fourth-order valence-electron chi connectivity index (χ4n) is 4.35. The Balaban J connectivity index is 1.51. The smallest absolute Gasteiger partial charge is 0.407 e. The third kappa shape index (κ3) is 8.50. The zero-order valence-electron chi connectivity index (χ0n) is 23.2. The minimum Gasteiger partial charge on any atom is -0.445 e. The maximum Gasteiger partial charge on any atom is 0.407 e. The SMILES string of the molecule is CC(C)NC(=O)C(Cc1ccccn1)NC(=O)c1ccccc1-c1ccccc1CNC(=O)OCc1ccccc1. The molecule has 0 aliphatic heterocycles. The maximum absolute atomic E-state index is 13.6. The van der Waals surface area contributed by atoms with Gasteiger partial charge in [0.15, 0.2) is 0 Å². The first-order valence-electron chi connectivity index (χ1n) is 13.5. The highest BCUT2D eigenvalue weighted by molar-refractivity contribution is 6.03. The summed E-state index contributed by atoms with van der Waals surface area (Å²) in [7, 11) is 0. The Kier molecular flexibility index (Phi) is 10.2. The van der Waals surface area contributed by atoms with E-state index < -0.39 is 12.1 Å². The normalized spacial score (nSPS) is 11.4. The summed E-state index contributed by atoms with van der Waals surface area (Å²) in [6.45, 7) is 4.12. The first kappa shape index (κ1) is 29.0. The molecule has 8 heteroatoms. The highest BCUT2D eigenvalue weighted by Crippen LogP contribution is 2.27. The van der Waals surface area contributed by atoms with Crippen LogP contribution in [-0.2, 0) is 29.1 Å². The Morgan fingerprint density at radius 3 is 2.20 bits per heavy atom. The van der Waals surface area contributed by atoms with Crippen LogP contribution >= 0.6 is 0 Å². The van der Waals surface area contributed by atoms with E-state index in [-0.39, 0.29) is 37.4 Å². The molecule has 0 spiro atoms. The van der Waals surface area contributed by atoms with Crippen molar-refractivity contribution in [1.82, 2.24) is 20.9 Å². The fourth-order valence-corrected chi connectivity index (χ4v) is 4.35. The fraction of sp³-hybridized carbons (Fsp3) is 0.212. The van der Waals surface area contributed by atoms with Crippen LogP contribution in [0.15, 0.2) is 103 Å². The Bertz CT molecular complexity index is 1460. The van der Waals surface area contributed by atoms with Gasteiger partial charge in [0, 0.05) is 36.5 Å². The lowest BCUT2D eigenvalue weighted by Gasteiger charge is -2.21. The van der Waals surface area contributed by atoms with Gasteiger partial charge in [0.1, 0.15) is 12.6 Å². The van der Waals surface area contributed by atoms with Gasteiger partial charge in [-0.1, -0.05) is 78.9 Å². The number of alkyl carbamates (subject to hydrolysis) is 1. The van der Waals surface area contributed by atoms with Gasteiger partial charge >= 0.3 is 6.09 Å². The Morgan fingerprint density at radius 2 is 1.46 bits per heavy atom. The molecular weight excluding hydrogens is 516 g/mol. The number of aromatic nitrogens is 1. The van der Waals surface area contributed by atoms with Crippen molar-refractivity contribution < 1.29 is 19.1 Å². The highest BCUT2D eigenvalue weighted by Gasteiger charge is 2.24. The van der Waals surface area contributed by atoms with Gasteiger partial charge < -0.3 is 20.7 Å². The van der Waals surface area contributed by atoms with Crippen molar-refractivity contribution in [2.24, 2.45) is 0 Å². The van der Waals surface area contributed by atoms with Gasteiger partial charge in [0.25, 0.3) is 5.91 Å². The van der Waals surface area contributed by atoms with Crippen molar-refractivity contribution in [3.05, 3.63) is 126 Å². The van der Waals surface area contributed by atoms with Gasteiger partial charge in [-0.15, -0.1) is 0 Å². The predicted octanol–water partition coefficient (Wildman–Crippen LogP) is 5.04. The molecule has 0 saturated carbocycles. The summed E-state index contributed by atoms with van der Waals surface area (Å²) >= 11 is 0. The number of carbonyl (C=O) groups excluding carboxylic acids is 3. The molecule has 41 heavy (non-hydrogen) atoms. The van der Waals surface area contributed by atoms with Crippen LogP contribution in [0.25, 0.3) is 11.1 Å². The molecule has 0 fully saturated rings. The quantitative estimate of drug-likeness (QED) is 0.242. The molecule has 3 N–H and O–H groups in total. The monoisotopic (exact) mass is 550 g/mol. The molecule has 3 aromatic carbocycles. The maximum atomic E-state index is 13.6. The summed E-state index contributed by atoms with van der Waals surface area (Å²) in [5.74, 6) is -0.666. The third-order valence-electron chi connectivity index (χ3n) is 6.31. The molecule has 210 valence electrons. The van der Waals surface area contributed by atoms with Gasteiger partial charge in [-0.3, -0.25) is 14.6 Å². The molecule has 4 aromatic rings. The number of pyridine rings is 1. The predicted molar refractivity (Wildman–Crippen MR) is 158 cm³/mol. The van der Waals surface area contributed by atoms with E-state index in [2.05, 4.69) is 20.9 Å². The van der Waals surface area contributed by atoms with Crippen molar-refractivity contribution in [2.45, 2.75) is 45.5 Å². The second-order valence-corrected chi connectivity index (χ2v) is 9.83. The number of carbonyl (C=O) groups is 3. The van der Waals surface area contributed by atoms with Gasteiger partial charge in [-0.25, -0.2) is 4.79 Å². The van der Waals surface area contributed by atoms with Crippen molar-refractivity contribution in [3.8, 4) is 11.1 Å². The van der Waals surface area contributed by atoms with E-state index in [1.165, 1.54) is 0 Å². The number of hydrogen-bond acceptors (Lipinski definition) is 5. The topological polar surface area (TPSA) is 109 Å². The second kappa shape index (κ2) is 14.4. The Morgan fingerprint density at radius 1 is 0.780 bits per heavy atom. The van der Waals surface area contributed by atoms with E-state index in [1.54, 1.807) is 24.4 Å². The first-order valence-corrected chi connectivity index (χ1v) is 13.5. The van der Waals surface area contributed by atoms with Crippen molar-refractivity contribution in [3.63, 3.8) is 0 Å². The number of rotatable bonds is 11. The summed E-state index contributed by atoms with van der Waals surface area (Å²) in [5, 5.41) is 8.61. The van der Waals surface area contributed by atoms with Gasteiger partial charge in [-0.05, 0) is 54.3 Å². The number of nitrogens with one attached hydrogen (secondary N) is 3. The molecule has 0 radical (unpaired) electrons. The summed E-state index contributed by atoms with van der Waals surface area (Å²) in [4.78, 5) is 43.4. The number of benzene rings is 3. The van der Waals surface area contributed by atoms with E-state index in [0.717, 1.165) is 16.7 Å². The van der Waals surface area contributed by atoms with Gasteiger partial charge in [-0.2, -0.15) is 0 Å². The van der Waals surface area contributed by atoms with Crippen LogP contribution in [0.2, 0.25) is 0 Å². The molecule has 1 aromatic heterocycles. The molecule has 3 amide bonds. The second-order valence-electron chi connectivity index (χ2n) is 9.83. The van der Waals surface area contributed by atoms with Gasteiger partial charge in [0.2, 0.25) is 5.91 Å². The molecule has 0 aliphatic carbocycles. The van der Waals surface area contributed by atoms with Crippen LogP contribution in [0.4, 0.5) is 4.79 Å². The average Bonchev–Trinajstić information content (AvgIpc) is 2.99. The minimum absolute atomic E-state index is 0.0864. The van der Waals surface area contributed by atoms with E-state index in [1.807, 2.05) is 92.7 Å². The summed E-state index contributed by atoms with van der Waals surface area (Å²) in [5.41, 5.74) is 4.28. The molecule has 1 heterocycles. The van der Waals surface area contributed by atoms with E-state index in [0.29, 0.717) is 16.8 Å². The molecule has 0 aliphatic rings. The largest absolute Gasteiger partial charge is 0.445 e. The van der Waals surface area contributed by atoms with Crippen LogP contribution in [0.1, 0.15) is 41.0 Å². The zero-order valence-corrected chi connectivity index (χ0v) is 23.2. The van der Waals surface area contributed by atoms with Crippen molar-refractivity contribution >= 4 is 17.9 Å². The molecule has 0 saturated heterocycles. The van der Waals surface area contributed by atoms with Crippen LogP contribution in [-0.4, -0.2) is 35.0 Å². The third-order valence-corrected chi connectivity index (χ3v) is 6.31. The zero-order chi connectivity index (χ0) is 29.0. The molecule has 0 bridgehead atoms. The Labute approximate surface area is 240 Å². The summed E-state index contributed by atoms with van der Waals surface area (Å²) in [6, 6.07) is 28.8. The van der Waals surface area contributed by atoms with Crippen molar-refractivity contribution in [1.29, 1.82) is 0 Å². The molecular formula is C33H34N4O4. The van der Waals surface area contributed by atoms with E-state index >= 15 is 0 Å². The molecule has 8 nitrogen and oxygen atoms in total. The lowest BCUT2D eigenvalue weighted by molar-refractivity contribution is -0.123. The van der Waals surface area contributed by atoms with Crippen LogP contribution < -0.4 is 16.0 Å². The standard InChI is InChI=1S/C33H34N4O4/c1-23(2)36-32(39)30(20-26-15-10-11-19-34-26)37-31(38)29-18-9-8-17-28(29)27-16-7-6-14-25(27)21-35-33(40)41-22-24-12-4-3-5-13-24/h3-19,23,30H,20-22H2,1-2H3,(H,35,40)(H,36,39)(H,37,38). The number of amides is 3. The average molecular weight is 551 g/mol. The van der Waals surface area contributed by atoms with Crippen LogP contribution in [0.3, 0.4) is 0 Å². The highest BCUT2D eigenvalue weighted by atomic mass is 16.5. The number of ether oxygens (including phenoxy) is 1. The van der Waals surface area contributed by atoms with Crippen LogP contribution in [0.5, 0.6) is 0 Å². The molecule has 1 unspecified atom stereocenters. The minimum atomic E-state index is -0.816. The number of hydrogen-bond donors (Lipinski definition) is 3. The lowest BCUT2D eigenvalue weighted by atomic mass is 9.94. The number of nitrogens with zero attached hydrogens (tertiary/aromatic N) is 1. The van der Waals surface area contributed by atoms with Gasteiger partial charge in [0.05, 0.1) is 0 Å². The van der Waals surface area contributed by atoms with E-state index in [4.69, 9.17) is 4.74 Å². The summed E-state index contributed by atoms with van der Waals surface area (Å²) in [6.07, 6.45) is 1.37. The van der Waals surface area contributed by atoms with Crippen molar-refractivity contribution in [2.75, 3.05) is 0 Å². The van der Waals surface area contributed by atoms with E-state index in [9.17, 15) is 14.4 Å². The Hall–Kier alpha value is -4.98. The lowest BCUT2D eigenvalue weighted by Crippen LogP contribution is -2.49. The summed E-state index contributed by atoms with van der Waals surface area (Å²) < 4.78 is 5.34. The molecule has 4 rings (SSSR count). The molecule has 1 atom stereocenters. The first-order chi connectivity index (χ1) is 19.9.